The number of nitrogens with zero attached hydrogens (tertiary/aromatic N) is 1. The fourth-order valence-electron chi connectivity index (χ4n) is 1.88. The highest BCUT2D eigenvalue weighted by atomic mass is 35.5. The van der Waals surface area contributed by atoms with E-state index in [1.54, 1.807) is 18.3 Å². The number of pyridine rings is 1. The Morgan fingerprint density at radius 3 is 2.64 bits per heavy atom. The van der Waals surface area contributed by atoms with Gasteiger partial charge in [-0.3, -0.25) is 4.79 Å². The molecule has 1 amide bonds. The lowest BCUT2D eigenvalue weighted by Gasteiger charge is -2.06. The van der Waals surface area contributed by atoms with Gasteiger partial charge >= 0.3 is 0 Å². The van der Waals surface area contributed by atoms with Crippen molar-refractivity contribution in [3.8, 4) is 0 Å². The maximum atomic E-state index is 12.0. The second kappa shape index (κ2) is 8.20. The Bertz CT molecular complexity index is 623. The predicted molar refractivity (Wildman–Crippen MR) is 90.4 cm³/mol. The highest BCUT2D eigenvalue weighted by Gasteiger charge is 2.06. The van der Waals surface area contributed by atoms with Crippen LogP contribution >= 0.6 is 11.6 Å². The van der Waals surface area contributed by atoms with E-state index in [-0.39, 0.29) is 5.91 Å². The van der Waals surface area contributed by atoms with E-state index in [4.69, 9.17) is 11.6 Å². The van der Waals surface area contributed by atoms with Gasteiger partial charge in [0.1, 0.15) is 5.69 Å². The lowest BCUT2D eigenvalue weighted by Crippen LogP contribution is -2.26. The molecule has 2 aromatic rings. The zero-order chi connectivity index (χ0) is 15.8. The molecule has 0 aliphatic carbocycles. The van der Waals surface area contributed by atoms with Crippen LogP contribution in [0.3, 0.4) is 0 Å². The molecule has 0 atom stereocenters. The molecule has 5 heteroatoms. The Kier molecular flexibility index (Phi) is 5.98. The summed E-state index contributed by atoms with van der Waals surface area (Å²) in [5.41, 5.74) is 2.39. The van der Waals surface area contributed by atoms with Crippen LogP contribution in [0.1, 0.15) is 16.1 Å². The molecule has 0 saturated carbocycles. The van der Waals surface area contributed by atoms with Gasteiger partial charge in [-0.05, 0) is 36.2 Å². The van der Waals surface area contributed by atoms with E-state index in [0.717, 1.165) is 17.7 Å². The van der Waals surface area contributed by atoms with Gasteiger partial charge in [0.15, 0.2) is 0 Å². The predicted octanol–water partition coefficient (Wildman–Crippen LogP) is 3.31. The van der Waals surface area contributed by atoms with Crippen molar-refractivity contribution in [3.63, 3.8) is 0 Å². The van der Waals surface area contributed by atoms with E-state index in [1.807, 2.05) is 30.3 Å². The molecule has 0 radical (unpaired) electrons. The summed E-state index contributed by atoms with van der Waals surface area (Å²) in [7, 11) is 0. The molecule has 4 nitrogen and oxygen atoms in total. The van der Waals surface area contributed by atoms with Crippen molar-refractivity contribution in [1.29, 1.82) is 0 Å². The number of halogens is 1. The minimum atomic E-state index is -0.177. The van der Waals surface area contributed by atoms with E-state index in [1.165, 1.54) is 0 Å². The van der Waals surface area contributed by atoms with Crippen molar-refractivity contribution >= 4 is 23.2 Å². The summed E-state index contributed by atoms with van der Waals surface area (Å²) in [4.78, 5) is 16.1. The van der Waals surface area contributed by atoms with Gasteiger partial charge in [0.25, 0.3) is 5.91 Å². The molecule has 22 heavy (non-hydrogen) atoms. The van der Waals surface area contributed by atoms with E-state index in [0.29, 0.717) is 23.8 Å². The van der Waals surface area contributed by atoms with Crippen LogP contribution in [-0.2, 0) is 6.42 Å². The van der Waals surface area contributed by atoms with Gasteiger partial charge in [0.2, 0.25) is 0 Å². The first-order valence-corrected chi connectivity index (χ1v) is 7.40. The second-order valence-corrected chi connectivity index (χ2v) is 5.17. The van der Waals surface area contributed by atoms with Crippen LogP contribution in [0.25, 0.3) is 0 Å². The Labute approximate surface area is 135 Å². The molecule has 1 heterocycles. The SMILES string of the molecule is C=CCNc1ccc(C(=O)NCCc2ccc(Cl)cc2)nc1. The van der Waals surface area contributed by atoms with Crippen molar-refractivity contribution < 1.29 is 4.79 Å². The zero-order valence-corrected chi connectivity index (χ0v) is 12.9. The molecule has 1 aromatic carbocycles. The molecule has 2 N–H and O–H groups in total. The van der Waals surface area contributed by atoms with Crippen LogP contribution < -0.4 is 10.6 Å². The summed E-state index contributed by atoms with van der Waals surface area (Å²) in [5, 5.41) is 6.67. The summed E-state index contributed by atoms with van der Waals surface area (Å²) in [6.07, 6.45) is 4.15. The first-order chi connectivity index (χ1) is 10.7. The lowest BCUT2D eigenvalue weighted by atomic mass is 10.1. The number of rotatable bonds is 7. The number of carbonyl (C=O) groups excluding carboxylic acids is 1. The molecule has 0 aliphatic heterocycles. The van der Waals surface area contributed by atoms with Crippen LogP contribution in [-0.4, -0.2) is 24.0 Å². The van der Waals surface area contributed by atoms with Gasteiger partial charge in [-0.2, -0.15) is 0 Å². The highest BCUT2D eigenvalue weighted by molar-refractivity contribution is 6.30. The number of carbonyl (C=O) groups is 1. The molecule has 0 fully saturated rings. The number of anilines is 1. The van der Waals surface area contributed by atoms with E-state index in [9.17, 15) is 4.79 Å². The normalized spacial score (nSPS) is 10.0. The van der Waals surface area contributed by atoms with Crippen LogP contribution in [0.5, 0.6) is 0 Å². The number of hydrogen-bond acceptors (Lipinski definition) is 3. The summed E-state index contributed by atoms with van der Waals surface area (Å²) >= 11 is 5.83. The number of aromatic nitrogens is 1. The molecule has 0 unspecified atom stereocenters. The molecule has 114 valence electrons. The smallest absolute Gasteiger partial charge is 0.269 e. The van der Waals surface area contributed by atoms with Gasteiger partial charge in [-0.1, -0.05) is 29.8 Å². The van der Waals surface area contributed by atoms with Gasteiger partial charge in [0, 0.05) is 18.1 Å². The highest BCUT2D eigenvalue weighted by Crippen LogP contribution is 2.10. The lowest BCUT2D eigenvalue weighted by molar-refractivity contribution is 0.0949. The molecule has 0 spiro atoms. The fraction of sp³-hybridized carbons (Fsp3) is 0.176. The standard InChI is InChI=1S/C17H18ClN3O/c1-2-10-19-15-7-8-16(21-12-15)17(22)20-11-9-13-3-5-14(18)6-4-13/h2-8,12,19H,1,9-11H2,(H,20,22). The number of amides is 1. The van der Waals surface area contributed by atoms with Crippen LogP contribution in [0.15, 0.2) is 55.3 Å². The minimum absolute atomic E-state index is 0.177. The van der Waals surface area contributed by atoms with Crippen LogP contribution in [0.2, 0.25) is 5.02 Å². The molecule has 0 aliphatic rings. The average molecular weight is 316 g/mol. The van der Waals surface area contributed by atoms with Gasteiger partial charge < -0.3 is 10.6 Å². The molecular weight excluding hydrogens is 298 g/mol. The third-order valence-corrected chi connectivity index (χ3v) is 3.31. The third-order valence-electron chi connectivity index (χ3n) is 3.06. The van der Waals surface area contributed by atoms with Crippen molar-refractivity contribution in [3.05, 3.63) is 71.5 Å². The Morgan fingerprint density at radius 2 is 2.00 bits per heavy atom. The Hall–Kier alpha value is -2.33. The summed E-state index contributed by atoms with van der Waals surface area (Å²) in [5.74, 6) is -0.177. The number of benzene rings is 1. The quantitative estimate of drug-likeness (QED) is 0.771. The fourth-order valence-corrected chi connectivity index (χ4v) is 2.01. The summed E-state index contributed by atoms with van der Waals surface area (Å²) in [6, 6.07) is 11.1. The zero-order valence-electron chi connectivity index (χ0n) is 12.2. The van der Waals surface area contributed by atoms with E-state index >= 15 is 0 Å². The maximum Gasteiger partial charge on any atom is 0.269 e. The van der Waals surface area contributed by atoms with Crippen molar-refractivity contribution in [2.45, 2.75) is 6.42 Å². The van der Waals surface area contributed by atoms with Gasteiger partial charge in [-0.25, -0.2) is 4.98 Å². The average Bonchev–Trinajstić information content (AvgIpc) is 2.55. The van der Waals surface area contributed by atoms with E-state index in [2.05, 4.69) is 22.2 Å². The molecule has 1 aromatic heterocycles. The van der Waals surface area contributed by atoms with Crippen LogP contribution in [0, 0.1) is 0 Å². The summed E-state index contributed by atoms with van der Waals surface area (Å²) in [6.45, 7) is 4.85. The number of hydrogen-bond donors (Lipinski definition) is 2. The topological polar surface area (TPSA) is 54.0 Å². The van der Waals surface area contributed by atoms with Crippen molar-refractivity contribution in [1.82, 2.24) is 10.3 Å². The van der Waals surface area contributed by atoms with Gasteiger partial charge in [-0.15, -0.1) is 6.58 Å². The second-order valence-electron chi connectivity index (χ2n) is 4.73. The largest absolute Gasteiger partial charge is 0.380 e. The third kappa shape index (κ3) is 4.90. The maximum absolute atomic E-state index is 12.0. The molecule has 0 saturated heterocycles. The first-order valence-electron chi connectivity index (χ1n) is 7.02. The van der Waals surface area contributed by atoms with E-state index < -0.39 is 0 Å². The monoisotopic (exact) mass is 315 g/mol. The van der Waals surface area contributed by atoms with Crippen molar-refractivity contribution in [2.75, 3.05) is 18.4 Å². The Morgan fingerprint density at radius 1 is 1.23 bits per heavy atom. The molecular formula is C17H18ClN3O. The number of nitrogens with one attached hydrogen (secondary N) is 2. The van der Waals surface area contributed by atoms with Crippen LogP contribution in [0.4, 0.5) is 5.69 Å². The van der Waals surface area contributed by atoms with Crippen molar-refractivity contribution in [2.24, 2.45) is 0 Å². The first kappa shape index (κ1) is 16.0. The minimum Gasteiger partial charge on any atom is -0.380 e. The summed E-state index contributed by atoms with van der Waals surface area (Å²) < 4.78 is 0. The molecule has 0 bridgehead atoms. The molecule has 2 rings (SSSR count). The van der Waals surface area contributed by atoms with Gasteiger partial charge in [0.05, 0.1) is 11.9 Å². The Balaban J connectivity index is 1.81.